The molecule has 38 heavy (non-hydrogen) atoms. The third-order valence-electron chi connectivity index (χ3n) is 6.74. The third-order valence-corrected chi connectivity index (χ3v) is 6.74. The van der Waals surface area contributed by atoms with Gasteiger partial charge in [0.15, 0.2) is 11.2 Å². The molecule has 1 aliphatic rings. The molecule has 3 aromatic rings. The van der Waals surface area contributed by atoms with Crippen LogP contribution in [0.3, 0.4) is 0 Å². The second-order valence-electron chi connectivity index (χ2n) is 9.36. The number of nitrogens with two attached hydrogens (primary N) is 1. The highest BCUT2D eigenvalue weighted by molar-refractivity contribution is 5.89. The van der Waals surface area contributed by atoms with E-state index in [9.17, 15) is 32.8 Å². The van der Waals surface area contributed by atoms with Crippen molar-refractivity contribution >= 4 is 23.0 Å². The first-order chi connectivity index (χ1) is 17.9. The Hall–Kier alpha value is -4.11. The minimum atomic E-state index is -5.26. The summed E-state index contributed by atoms with van der Waals surface area (Å²) in [7, 11) is 1.60. The second-order valence-corrected chi connectivity index (χ2v) is 9.36. The van der Waals surface area contributed by atoms with Crippen LogP contribution in [0.2, 0.25) is 0 Å². The van der Waals surface area contributed by atoms with Gasteiger partial charge in [-0.25, -0.2) is 9.59 Å². The molecule has 1 aliphatic carbocycles. The quantitative estimate of drug-likeness (QED) is 0.466. The Labute approximate surface area is 215 Å². The minimum absolute atomic E-state index is 0.104. The first-order valence-corrected chi connectivity index (χ1v) is 11.9. The summed E-state index contributed by atoms with van der Waals surface area (Å²) in [6, 6.07) is 13.7. The van der Waals surface area contributed by atoms with Gasteiger partial charge in [0.1, 0.15) is 0 Å². The number of hydrogen-bond acceptors (Lipinski definition) is 7. The summed E-state index contributed by atoms with van der Waals surface area (Å²) in [6.45, 7) is -0.210. The van der Waals surface area contributed by atoms with Gasteiger partial charge < -0.3 is 20.2 Å². The Morgan fingerprint density at radius 2 is 1.95 bits per heavy atom. The van der Waals surface area contributed by atoms with Gasteiger partial charge >= 0.3 is 17.9 Å². The van der Waals surface area contributed by atoms with Gasteiger partial charge in [-0.05, 0) is 48.1 Å². The van der Waals surface area contributed by atoms with Gasteiger partial charge in [0.2, 0.25) is 0 Å². The number of nitrogens with one attached hydrogen (secondary N) is 1. The predicted molar refractivity (Wildman–Crippen MR) is 130 cm³/mol. The standard InChI is InChI=1S/C26H25F3N4O5/c1-33-20-11-17(8-9-21(20)37-24(33)36)15-4-6-16(7-5-15)18(13-30)14-32-22(34)25(10-2-3-19(31)12-25)38-23(35)26(27,28)29/h4-9,11,18-19H,2-3,10,12,14,31H2,1H3,(H,32,34). The normalized spacial score (nSPS) is 20.5. The van der Waals surface area contributed by atoms with Gasteiger partial charge in [0.25, 0.3) is 5.91 Å². The second kappa shape index (κ2) is 10.3. The Morgan fingerprint density at radius 3 is 2.58 bits per heavy atom. The van der Waals surface area contributed by atoms with Crippen LogP contribution in [0.15, 0.2) is 51.7 Å². The number of fused-ring (bicyclic) bond motifs is 1. The summed E-state index contributed by atoms with van der Waals surface area (Å²) < 4.78 is 49.8. The van der Waals surface area contributed by atoms with E-state index in [0.29, 0.717) is 29.5 Å². The number of carbonyl (C=O) groups is 2. The molecule has 0 saturated heterocycles. The van der Waals surface area contributed by atoms with E-state index in [-0.39, 0.29) is 19.4 Å². The Balaban J connectivity index is 1.49. The van der Waals surface area contributed by atoms with Gasteiger partial charge in [0.05, 0.1) is 17.5 Å². The average Bonchev–Trinajstić information content (AvgIpc) is 3.16. The molecule has 2 aromatic carbocycles. The molecule has 3 atom stereocenters. The molecule has 0 bridgehead atoms. The maximum atomic E-state index is 13.0. The molecule has 0 spiro atoms. The Kier molecular flexibility index (Phi) is 7.33. The van der Waals surface area contributed by atoms with Crippen molar-refractivity contribution in [2.45, 2.75) is 49.4 Å². The number of hydrogen-bond donors (Lipinski definition) is 2. The number of halogens is 3. The molecule has 0 radical (unpaired) electrons. The number of nitrogens with zero attached hydrogens (tertiary/aromatic N) is 2. The summed E-state index contributed by atoms with van der Waals surface area (Å²) in [4.78, 5) is 36.3. The molecule has 3 N–H and O–H groups in total. The van der Waals surface area contributed by atoms with Gasteiger partial charge in [-0.2, -0.15) is 18.4 Å². The number of esters is 1. The number of ether oxygens (including phenoxy) is 1. The van der Waals surface area contributed by atoms with Crippen LogP contribution in [0.4, 0.5) is 13.2 Å². The van der Waals surface area contributed by atoms with Crippen LogP contribution in [0.5, 0.6) is 0 Å². The summed E-state index contributed by atoms with van der Waals surface area (Å²) in [5.74, 6) is -4.67. The Morgan fingerprint density at radius 1 is 1.26 bits per heavy atom. The van der Waals surface area contributed by atoms with Crippen LogP contribution < -0.4 is 16.8 Å². The highest BCUT2D eigenvalue weighted by Crippen LogP contribution is 2.34. The molecule has 1 amide bonds. The number of carbonyl (C=O) groups excluding carboxylic acids is 2. The fourth-order valence-electron chi connectivity index (χ4n) is 4.67. The maximum absolute atomic E-state index is 13.0. The lowest BCUT2D eigenvalue weighted by Gasteiger charge is -2.38. The van der Waals surface area contributed by atoms with Crippen LogP contribution in [0.1, 0.15) is 37.2 Å². The van der Waals surface area contributed by atoms with E-state index in [1.165, 1.54) is 4.57 Å². The van der Waals surface area contributed by atoms with Crippen molar-refractivity contribution in [3.63, 3.8) is 0 Å². The molecule has 1 saturated carbocycles. The summed E-state index contributed by atoms with van der Waals surface area (Å²) in [6.07, 6.45) is -4.83. The predicted octanol–water partition coefficient (Wildman–Crippen LogP) is 3.27. The molecular weight excluding hydrogens is 505 g/mol. The van der Waals surface area contributed by atoms with Crippen LogP contribution >= 0.6 is 0 Å². The summed E-state index contributed by atoms with van der Waals surface area (Å²) in [5, 5.41) is 12.2. The fourth-order valence-corrected chi connectivity index (χ4v) is 4.67. The highest BCUT2D eigenvalue weighted by atomic mass is 19.4. The Bertz CT molecular complexity index is 1450. The van der Waals surface area contributed by atoms with Crippen LogP contribution in [0, 0.1) is 11.3 Å². The van der Waals surface area contributed by atoms with E-state index in [0.717, 1.165) is 11.1 Å². The molecule has 1 fully saturated rings. The number of aromatic nitrogens is 1. The van der Waals surface area contributed by atoms with E-state index in [2.05, 4.69) is 16.1 Å². The number of rotatable bonds is 6. The van der Waals surface area contributed by atoms with E-state index in [1.807, 2.05) is 0 Å². The van der Waals surface area contributed by atoms with Gasteiger partial charge in [-0.15, -0.1) is 0 Å². The first-order valence-electron chi connectivity index (χ1n) is 11.9. The summed E-state index contributed by atoms with van der Waals surface area (Å²) in [5.41, 5.74) is 7.08. The molecule has 1 heterocycles. The van der Waals surface area contributed by atoms with E-state index < -0.39 is 41.4 Å². The molecular formula is C26H25F3N4O5. The van der Waals surface area contributed by atoms with Crippen molar-refractivity contribution in [1.29, 1.82) is 5.26 Å². The minimum Gasteiger partial charge on any atom is -0.442 e. The maximum Gasteiger partial charge on any atom is 0.490 e. The lowest BCUT2D eigenvalue weighted by Crippen LogP contribution is -2.56. The number of aryl methyl sites for hydroxylation is 1. The molecule has 4 rings (SSSR count). The van der Waals surface area contributed by atoms with E-state index in [4.69, 9.17) is 10.2 Å². The van der Waals surface area contributed by atoms with Crippen molar-refractivity contribution in [2.75, 3.05) is 6.54 Å². The average molecular weight is 531 g/mol. The zero-order valence-corrected chi connectivity index (χ0v) is 20.4. The highest BCUT2D eigenvalue weighted by Gasteiger charge is 2.51. The van der Waals surface area contributed by atoms with Gasteiger partial charge in [-0.3, -0.25) is 9.36 Å². The first kappa shape index (κ1) is 26.9. The van der Waals surface area contributed by atoms with Crippen molar-refractivity contribution < 1.29 is 31.9 Å². The lowest BCUT2D eigenvalue weighted by molar-refractivity contribution is -0.217. The SMILES string of the molecule is Cn1c(=O)oc2ccc(-c3ccc(C(C#N)CNC(=O)C4(OC(=O)C(F)(F)F)CCCC(N)C4)cc3)cc21. The topological polar surface area (TPSA) is 140 Å². The fraction of sp³-hybridized carbons (Fsp3) is 0.385. The molecule has 1 aromatic heterocycles. The zero-order chi connectivity index (χ0) is 27.7. The molecule has 200 valence electrons. The molecule has 3 unspecified atom stereocenters. The van der Waals surface area contributed by atoms with E-state index in [1.54, 1.807) is 49.5 Å². The summed E-state index contributed by atoms with van der Waals surface area (Å²) >= 11 is 0. The molecule has 0 aliphatic heterocycles. The smallest absolute Gasteiger partial charge is 0.442 e. The third kappa shape index (κ3) is 5.43. The number of benzene rings is 2. The molecule has 12 heteroatoms. The van der Waals surface area contributed by atoms with Gasteiger partial charge in [0, 0.05) is 26.1 Å². The monoisotopic (exact) mass is 530 g/mol. The van der Waals surface area contributed by atoms with Crippen molar-refractivity contribution in [2.24, 2.45) is 12.8 Å². The van der Waals surface area contributed by atoms with Crippen molar-refractivity contribution in [3.05, 3.63) is 58.6 Å². The van der Waals surface area contributed by atoms with Crippen molar-refractivity contribution in [1.82, 2.24) is 9.88 Å². The largest absolute Gasteiger partial charge is 0.490 e. The van der Waals surface area contributed by atoms with Crippen LogP contribution in [0.25, 0.3) is 22.2 Å². The van der Waals surface area contributed by atoms with E-state index >= 15 is 0 Å². The number of alkyl halides is 3. The van der Waals surface area contributed by atoms with Crippen LogP contribution in [-0.2, 0) is 21.4 Å². The van der Waals surface area contributed by atoms with Gasteiger partial charge in [-0.1, -0.05) is 30.3 Å². The van der Waals surface area contributed by atoms with Crippen LogP contribution in [-0.4, -0.2) is 40.8 Å². The zero-order valence-electron chi connectivity index (χ0n) is 20.4. The van der Waals surface area contributed by atoms with Crippen molar-refractivity contribution in [3.8, 4) is 17.2 Å². The number of nitriles is 1. The molecule has 9 nitrogen and oxygen atoms in total. The lowest BCUT2D eigenvalue weighted by atomic mass is 9.81. The number of amides is 1. The number of oxazole rings is 1.